The summed E-state index contributed by atoms with van der Waals surface area (Å²) < 4.78 is 0. The second-order valence-corrected chi connectivity index (χ2v) is 6.27. The van der Waals surface area contributed by atoms with E-state index in [1.165, 1.54) is 19.3 Å². The molecule has 0 aromatic heterocycles. The highest BCUT2D eigenvalue weighted by atomic mass is 35.5. The van der Waals surface area contributed by atoms with Crippen LogP contribution in [-0.4, -0.2) is 18.5 Å². The van der Waals surface area contributed by atoms with Crippen molar-refractivity contribution in [1.29, 1.82) is 0 Å². The first-order valence-corrected chi connectivity index (χ1v) is 7.80. The Morgan fingerprint density at radius 3 is 2.75 bits per heavy atom. The zero-order valence-corrected chi connectivity index (χ0v) is 13.1. The Morgan fingerprint density at radius 2 is 2.05 bits per heavy atom. The number of carbonyl (C=O) groups is 1. The highest BCUT2D eigenvalue weighted by Gasteiger charge is 2.21. The summed E-state index contributed by atoms with van der Waals surface area (Å²) in [4.78, 5) is 11.9. The summed E-state index contributed by atoms with van der Waals surface area (Å²) in [5, 5.41) is 7.15. The van der Waals surface area contributed by atoms with E-state index in [-0.39, 0.29) is 5.91 Å². The van der Waals surface area contributed by atoms with Crippen molar-refractivity contribution in [2.24, 2.45) is 5.92 Å². The van der Waals surface area contributed by atoms with Gasteiger partial charge in [0, 0.05) is 11.1 Å². The number of anilines is 1. The first kappa shape index (κ1) is 15.6. The third kappa shape index (κ3) is 4.37. The highest BCUT2D eigenvalue weighted by molar-refractivity contribution is 6.36. The van der Waals surface area contributed by atoms with Crippen molar-refractivity contribution in [2.75, 3.05) is 11.9 Å². The van der Waals surface area contributed by atoms with Crippen LogP contribution in [-0.2, 0) is 4.79 Å². The molecule has 2 unspecified atom stereocenters. The Kier molecular flexibility index (Phi) is 5.70. The third-order valence-electron chi connectivity index (χ3n) is 3.84. The second-order valence-electron chi connectivity index (χ2n) is 5.42. The molecule has 0 heterocycles. The maximum atomic E-state index is 11.9. The molecule has 1 fully saturated rings. The van der Waals surface area contributed by atoms with E-state index >= 15 is 0 Å². The largest absolute Gasteiger partial charge is 0.324 e. The topological polar surface area (TPSA) is 41.1 Å². The monoisotopic (exact) mass is 314 g/mol. The number of nitrogens with one attached hydrogen (secondary N) is 2. The fraction of sp³-hybridized carbons (Fsp3) is 0.533. The minimum atomic E-state index is -0.0769. The molecule has 1 amide bonds. The molecule has 1 aliphatic rings. The molecule has 5 heteroatoms. The van der Waals surface area contributed by atoms with Crippen LogP contribution in [0.1, 0.15) is 32.6 Å². The molecule has 2 atom stereocenters. The molecule has 0 bridgehead atoms. The van der Waals surface area contributed by atoms with Gasteiger partial charge in [-0.05, 0) is 37.0 Å². The molecular weight excluding hydrogens is 295 g/mol. The summed E-state index contributed by atoms with van der Waals surface area (Å²) >= 11 is 11.8. The van der Waals surface area contributed by atoms with Crippen LogP contribution in [0.3, 0.4) is 0 Å². The van der Waals surface area contributed by atoms with E-state index < -0.39 is 0 Å². The number of halogens is 2. The predicted octanol–water partition coefficient (Wildman–Crippen LogP) is 4.10. The summed E-state index contributed by atoms with van der Waals surface area (Å²) in [5.74, 6) is 0.558. The molecule has 1 saturated carbocycles. The molecule has 3 nitrogen and oxygen atoms in total. The molecule has 0 radical (unpaired) electrons. The second kappa shape index (κ2) is 7.30. The van der Waals surface area contributed by atoms with Crippen LogP contribution in [0.4, 0.5) is 5.69 Å². The van der Waals surface area contributed by atoms with Crippen LogP contribution >= 0.6 is 23.2 Å². The lowest BCUT2D eigenvalue weighted by molar-refractivity contribution is -0.115. The Bertz CT molecular complexity index is 479. The molecule has 110 valence electrons. The standard InChI is InChI=1S/C15H20Cl2N2O/c1-10-4-2-3-5-13(10)18-9-15(20)19-14-7-6-11(16)8-12(14)17/h6-8,10,13,18H,2-5,9H2,1H3,(H,19,20). The van der Waals surface area contributed by atoms with Gasteiger partial charge in [-0.1, -0.05) is 43.0 Å². The van der Waals surface area contributed by atoms with E-state index in [4.69, 9.17) is 23.2 Å². The SMILES string of the molecule is CC1CCCCC1NCC(=O)Nc1ccc(Cl)cc1Cl. The Hall–Kier alpha value is -0.770. The van der Waals surface area contributed by atoms with Gasteiger partial charge in [-0.15, -0.1) is 0 Å². The number of rotatable bonds is 4. The Balaban J connectivity index is 1.83. The third-order valence-corrected chi connectivity index (χ3v) is 4.39. The fourth-order valence-electron chi connectivity index (χ4n) is 2.63. The predicted molar refractivity (Wildman–Crippen MR) is 84.5 cm³/mol. The fourth-order valence-corrected chi connectivity index (χ4v) is 3.08. The van der Waals surface area contributed by atoms with Gasteiger partial charge in [0.15, 0.2) is 0 Å². The lowest BCUT2D eigenvalue weighted by Crippen LogP contribution is -2.41. The normalized spacial score (nSPS) is 22.6. The van der Waals surface area contributed by atoms with Crippen molar-refractivity contribution in [3.05, 3.63) is 28.2 Å². The van der Waals surface area contributed by atoms with Crippen molar-refractivity contribution < 1.29 is 4.79 Å². The van der Waals surface area contributed by atoms with E-state index in [0.29, 0.717) is 34.2 Å². The highest BCUT2D eigenvalue weighted by Crippen LogP contribution is 2.25. The van der Waals surface area contributed by atoms with Crippen LogP contribution in [0.2, 0.25) is 10.0 Å². The van der Waals surface area contributed by atoms with Crippen molar-refractivity contribution in [3.8, 4) is 0 Å². The van der Waals surface area contributed by atoms with Crippen molar-refractivity contribution in [1.82, 2.24) is 5.32 Å². The minimum Gasteiger partial charge on any atom is -0.324 e. The molecule has 0 saturated heterocycles. The average Bonchev–Trinajstić information content (AvgIpc) is 2.41. The molecule has 1 aliphatic carbocycles. The molecule has 1 aromatic rings. The van der Waals surface area contributed by atoms with E-state index in [0.717, 1.165) is 6.42 Å². The van der Waals surface area contributed by atoms with Gasteiger partial charge >= 0.3 is 0 Å². The van der Waals surface area contributed by atoms with E-state index in [2.05, 4.69) is 17.6 Å². The molecule has 2 rings (SSSR count). The summed E-state index contributed by atoms with van der Waals surface area (Å²) in [6.45, 7) is 2.55. The lowest BCUT2D eigenvalue weighted by Gasteiger charge is -2.29. The van der Waals surface area contributed by atoms with E-state index in [9.17, 15) is 4.79 Å². The molecule has 0 spiro atoms. The summed E-state index contributed by atoms with van der Waals surface area (Å²) in [6, 6.07) is 5.48. The lowest BCUT2D eigenvalue weighted by atomic mass is 9.86. The quantitative estimate of drug-likeness (QED) is 0.878. The number of amides is 1. The van der Waals surface area contributed by atoms with Gasteiger partial charge in [0.2, 0.25) is 5.91 Å². The van der Waals surface area contributed by atoms with Gasteiger partial charge in [0.05, 0.1) is 17.3 Å². The summed E-state index contributed by atoms with van der Waals surface area (Å²) in [5.41, 5.74) is 0.597. The zero-order chi connectivity index (χ0) is 14.5. The minimum absolute atomic E-state index is 0.0769. The van der Waals surface area contributed by atoms with Crippen molar-refractivity contribution in [2.45, 2.75) is 38.6 Å². The van der Waals surface area contributed by atoms with Crippen LogP contribution in [0, 0.1) is 5.92 Å². The van der Waals surface area contributed by atoms with Crippen molar-refractivity contribution in [3.63, 3.8) is 0 Å². The molecule has 1 aromatic carbocycles. The molecular formula is C15H20Cl2N2O. The first-order valence-electron chi connectivity index (χ1n) is 7.04. The van der Waals surface area contributed by atoms with Crippen LogP contribution in [0.15, 0.2) is 18.2 Å². The number of benzene rings is 1. The first-order chi connectivity index (χ1) is 9.56. The van der Waals surface area contributed by atoms with Crippen LogP contribution in [0.5, 0.6) is 0 Å². The molecule has 2 N–H and O–H groups in total. The molecule has 20 heavy (non-hydrogen) atoms. The van der Waals surface area contributed by atoms with Gasteiger partial charge in [-0.2, -0.15) is 0 Å². The Morgan fingerprint density at radius 1 is 1.30 bits per heavy atom. The van der Waals surface area contributed by atoms with E-state index in [1.54, 1.807) is 18.2 Å². The number of hydrogen-bond donors (Lipinski definition) is 2. The maximum absolute atomic E-state index is 11.9. The number of hydrogen-bond acceptors (Lipinski definition) is 2. The van der Waals surface area contributed by atoms with Gasteiger partial charge in [-0.3, -0.25) is 4.79 Å². The van der Waals surface area contributed by atoms with E-state index in [1.807, 2.05) is 0 Å². The van der Waals surface area contributed by atoms with Crippen LogP contribution in [0.25, 0.3) is 0 Å². The average molecular weight is 315 g/mol. The van der Waals surface area contributed by atoms with Gasteiger partial charge in [0.1, 0.15) is 0 Å². The smallest absolute Gasteiger partial charge is 0.238 e. The summed E-state index contributed by atoms with van der Waals surface area (Å²) in [7, 11) is 0. The van der Waals surface area contributed by atoms with Gasteiger partial charge < -0.3 is 10.6 Å². The Labute approximate surface area is 130 Å². The van der Waals surface area contributed by atoms with Crippen LogP contribution < -0.4 is 10.6 Å². The van der Waals surface area contributed by atoms with Crippen molar-refractivity contribution >= 4 is 34.8 Å². The number of carbonyl (C=O) groups excluding carboxylic acids is 1. The zero-order valence-electron chi connectivity index (χ0n) is 11.6. The maximum Gasteiger partial charge on any atom is 0.238 e. The summed E-state index contributed by atoms with van der Waals surface area (Å²) in [6.07, 6.45) is 4.93. The molecule has 0 aliphatic heterocycles. The van der Waals surface area contributed by atoms with Gasteiger partial charge in [-0.25, -0.2) is 0 Å². The van der Waals surface area contributed by atoms with Gasteiger partial charge in [0.25, 0.3) is 0 Å².